The molecule has 4 aromatic rings. The maximum atomic E-state index is 13.9. The van der Waals surface area contributed by atoms with Crippen molar-refractivity contribution in [3.8, 4) is 0 Å². The lowest BCUT2D eigenvalue weighted by Gasteiger charge is -2.25. The molecule has 3 nitrogen and oxygen atoms in total. The number of hydrogen-bond donors (Lipinski definition) is 1. The van der Waals surface area contributed by atoms with E-state index in [1.165, 1.54) is 0 Å². The van der Waals surface area contributed by atoms with E-state index in [-0.39, 0.29) is 12.2 Å². The predicted octanol–water partition coefficient (Wildman–Crippen LogP) is 5.97. The van der Waals surface area contributed by atoms with Crippen molar-refractivity contribution >= 4 is 32.3 Å². The van der Waals surface area contributed by atoms with E-state index in [2.05, 4.69) is 5.32 Å². The van der Waals surface area contributed by atoms with Gasteiger partial charge in [-0.3, -0.25) is 9.90 Å². The first-order chi connectivity index (χ1) is 14.5. The van der Waals surface area contributed by atoms with E-state index in [1.807, 2.05) is 48.5 Å². The summed E-state index contributed by atoms with van der Waals surface area (Å²) >= 11 is 0. The van der Waals surface area contributed by atoms with Crippen molar-refractivity contribution in [3.63, 3.8) is 0 Å². The van der Waals surface area contributed by atoms with Gasteiger partial charge in [-0.25, -0.2) is 0 Å². The Balaban J connectivity index is 1.76. The summed E-state index contributed by atoms with van der Waals surface area (Å²) in [6.45, 7) is 1.07. The highest BCUT2D eigenvalue weighted by atomic mass is 19.4. The van der Waals surface area contributed by atoms with E-state index in [4.69, 9.17) is 4.84 Å². The Morgan fingerprint density at radius 1 is 0.867 bits per heavy atom. The lowest BCUT2D eigenvalue weighted by atomic mass is 9.92. The predicted molar refractivity (Wildman–Crippen MR) is 113 cm³/mol. The minimum atomic E-state index is -4.47. The summed E-state index contributed by atoms with van der Waals surface area (Å²) in [5.74, 6) is 0. The second kappa shape index (κ2) is 7.22. The van der Waals surface area contributed by atoms with Crippen LogP contribution in [0.4, 0.5) is 13.2 Å². The van der Waals surface area contributed by atoms with Gasteiger partial charge in [0, 0.05) is 24.5 Å². The summed E-state index contributed by atoms with van der Waals surface area (Å²) < 4.78 is 41.7. The van der Waals surface area contributed by atoms with Crippen molar-refractivity contribution in [1.29, 1.82) is 0 Å². The van der Waals surface area contributed by atoms with Gasteiger partial charge in [-0.2, -0.15) is 13.2 Å². The van der Waals surface area contributed by atoms with E-state index in [1.54, 1.807) is 23.5 Å². The second-order valence-corrected chi connectivity index (χ2v) is 7.32. The third kappa shape index (κ3) is 3.23. The third-order valence-corrected chi connectivity index (χ3v) is 5.53. The van der Waals surface area contributed by atoms with Gasteiger partial charge < -0.3 is 5.32 Å². The van der Waals surface area contributed by atoms with Gasteiger partial charge in [0.1, 0.15) is 6.61 Å². The summed E-state index contributed by atoms with van der Waals surface area (Å²) in [4.78, 5) is 5.76. The van der Waals surface area contributed by atoms with Crippen molar-refractivity contribution in [3.05, 3.63) is 84.2 Å². The Morgan fingerprint density at radius 3 is 2.43 bits per heavy atom. The lowest BCUT2D eigenvalue weighted by Crippen LogP contribution is -2.31. The zero-order chi connectivity index (χ0) is 20.7. The molecule has 0 aliphatic carbocycles. The Morgan fingerprint density at radius 2 is 1.63 bits per heavy atom. The molecule has 1 heterocycles. The molecule has 0 unspecified atom stereocenters. The van der Waals surface area contributed by atoms with E-state index in [9.17, 15) is 13.2 Å². The molecule has 0 atom stereocenters. The summed E-state index contributed by atoms with van der Waals surface area (Å²) in [6, 6.07) is 18.3. The van der Waals surface area contributed by atoms with Crippen LogP contribution >= 0.6 is 0 Å². The lowest BCUT2D eigenvalue weighted by molar-refractivity contribution is -0.148. The highest BCUT2D eigenvalue weighted by Gasteiger charge is 2.34. The molecular formula is C24H19F3N2O. The molecule has 30 heavy (non-hydrogen) atoms. The quantitative estimate of drug-likeness (QED) is 0.423. The molecular weight excluding hydrogens is 389 g/mol. The number of nitrogens with one attached hydrogen (secondary N) is 1. The first-order valence-corrected chi connectivity index (χ1v) is 9.75. The first-order valence-electron chi connectivity index (χ1n) is 9.75. The van der Waals surface area contributed by atoms with Crippen LogP contribution in [0.1, 0.15) is 11.1 Å². The van der Waals surface area contributed by atoms with Crippen molar-refractivity contribution in [2.24, 2.45) is 0 Å². The molecule has 6 heteroatoms. The number of rotatable bonds is 3. The number of hydrogen-bond acceptors (Lipinski definition) is 3. The molecule has 0 bridgehead atoms. The van der Waals surface area contributed by atoms with Gasteiger partial charge in [0.25, 0.3) is 0 Å². The highest BCUT2D eigenvalue weighted by Crippen LogP contribution is 2.40. The highest BCUT2D eigenvalue weighted by molar-refractivity contribution is 6.18. The van der Waals surface area contributed by atoms with Gasteiger partial charge in [-0.1, -0.05) is 54.6 Å². The largest absolute Gasteiger partial charge is 0.416 e. The van der Waals surface area contributed by atoms with Crippen molar-refractivity contribution < 1.29 is 18.0 Å². The zero-order valence-corrected chi connectivity index (χ0v) is 16.0. The average Bonchev–Trinajstić information content (AvgIpc) is 2.76. The number of benzene rings is 4. The number of fused-ring (bicyclic) bond motifs is 5. The van der Waals surface area contributed by atoms with Crippen LogP contribution in [-0.2, 0) is 17.6 Å². The molecule has 5 rings (SSSR count). The van der Waals surface area contributed by atoms with Gasteiger partial charge in [-0.15, -0.1) is 0 Å². The van der Waals surface area contributed by atoms with Gasteiger partial charge in [0.15, 0.2) is 0 Å². The maximum absolute atomic E-state index is 13.9. The van der Waals surface area contributed by atoms with Crippen LogP contribution in [0.25, 0.3) is 32.3 Å². The van der Waals surface area contributed by atoms with Crippen LogP contribution in [0.15, 0.2) is 73.1 Å². The summed E-state index contributed by atoms with van der Waals surface area (Å²) in [5, 5.41) is 9.76. The van der Waals surface area contributed by atoms with Crippen molar-refractivity contribution in [1.82, 2.24) is 10.4 Å². The van der Waals surface area contributed by atoms with E-state index in [0.717, 1.165) is 33.0 Å². The molecule has 0 aromatic heterocycles. The molecule has 0 fully saturated rings. The van der Waals surface area contributed by atoms with E-state index >= 15 is 0 Å². The Labute approximate surface area is 171 Å². The average molecular weight is 408 g/mol. The number of nitrogens with zero attached hydrogens (tertiary/aromatic N) is 1. The van der Waals surface area contributed by atoms with E-state index < -0.39 is 11.7 Å². The molecule has 152 valence electrons. The molecule has 0 amide bonds. The number of hydroxylamine groups is 2. The molecule has 1 aliphatic heterocycles. The SMILES string of the molecule is FC(F)(F)c1ccc2ccc3c4ccccc4ccc3c2c1CON1C=CNCC1. The maximum Gasteiger partial charge on any atom is 0.416 e. The number of halogens is 3. The van der Waals surface area contributed by atoms with E-state index in [0.29, 0.717) is 18.5 Å². The smallest absolute Gasteiger partial charge is 0.388 e. The molecule has 0 spiro atoms. The molecule has 4 aromatic carbocycles. The van der Waals surface area contributed by atoms with Crippen LogP contribution < -0.4 is 5.32 Å². The fourth-order valence-electron chi connectivity index (χ4n) is 4.13. The standard InChI is InChI=1S/C24H19F3N2O/c25-24(26,27)22-10-7-17-6-8-19-18-4-2-1-3-16(18)5-9-20(19)23(17)21(22)15-30-29-13-11-28-12-14-29/h1-11,13,28H,12,14-15H2. The van der Waals surface area contributed by atoms with Gasteiger partial charge >= 0.3 is 6.18 Å². The monoisotopic (exact) mass is 408 g/mol. The molecule has 0 radical (unpaired) electrons. The summed E-state index contributed by atoms with van der Waals surface area (Å²) in [6.07, 6.45) is -1.06. The summed E-state index contributed by atoms with van der Waals surface area (Å²) in [7, 11) is 0. The molecule has 1 N–H and O–H groups in total. The minimum Gasteiger partial charge on any atom is -0.388 e. The van der Waals surface area contributed by atoms with Crippen LogP contribution in [-0.4, -0.2) is 18.2 Å². The molecule has 1 aliphatic rings. The van der Waals surface area contributed by atoms with Crippen LogP contribution in [0.2, 0.25) is 0 Å². The van der Waals surface area contributed by atoms with Crippen molar-refractivity contribution in [2.45, 2.75) is 12.8 Å². The fraction of sp³-hybridized carbons (Fsp3) is 0.167. The Bertz CT molecular complexity index is 1280. The van der Waals surface area contributed by atoms with Crippen molar-refractivity contribution in [2.75, 3.05) is 13.1 Å². The van der Waals surface area contributed by atoms with Crippen LogP contribution in [0, 0.1) is 0 Å². The minimum absolute atomic E-state index is 0.160. The number of alkyl halides is 3. The van der Waals surface area contributed by atoms with Gasteiger partial charge in [0.05, 0.1) is 12.1 Å². The third-order valence-electron chi connectivity index (χ3n) is 5.53. The molecule has 0 saturated heterocycles. The fourth-order valence-corrected chi connectivity index (χ4v) is 4.13. The first kappa shape index (κ1) is 18.8. The zero-order valence-electron chi connectivity index (χ0n) is 16.0. The second-order valence-electron chi connectivity index (χ2n) is 7.32. The topological polar surface area (TPSA) is 24.5 Å². The van der Waals surface area contributed by atoms with Gasteiger partial charge in [0.2, 0.25) is 0 Å². The van der Waals surface area contributed by atoms with Gasteiger partial charge in [-0.05, 0) is 38.4 Å². The Hall–Kier alpha value is -3.25. The summed E-state index contributed by atoms with van der Waals surface area (Å²) in [5.41, 5.74) is -0.498. The normalized spacial score (nSPS) is 14.6. The van der Waals surface area contributed by atoms with Crippen LogP contribution in [0.5, 0.6) is 0 Å². The Kier molecular flexibility index (Phi) is 4.51. The van der Waals surface area contributed by atoms with Crippen LogP contribution in [0.3, 0.4) is 0 Å². The molecule has 0 saturated carbocycles.